The summed E-state index contributed by atoms with van der Waals surface area (Å²) in [5.74, 6) is 0.873. The highest BCUT2D eigenvalue weighted by molar-refractivity contribution is 7.99. The highest BCUT2D eigenvalue weighted by Gasteiger charge is 2.26. The average molecular weight is 360 g/mol. The van der Waals surface area contributed by atoms with Crippen LogP contribution in [0.15, 0.2) is 35.7 Å². The van der Waals surface area contributed by atoms with Crippen molar-refractivity contribution >= 4 is 17.7 Å². The quantitative estimate of drug-likeness (QED) is 0.802. The third-order valence-corrected chi connectivity index (χ3v) is 5.64. The van der Waals surface area contributed by atoms with Crippen molar-refractivity contribution in [3.8, 4) is 5.75 Å². The van der Waals surface area contributed by atoms with Crippen molar-refractivity contribution < 1.29 is 9.90 Å². The number of amides is 1. The van der Waals surface area contributed by atoms with Gasteiger partial charge in [0.2, 0.25) is 5.91 Å². The fourth-order valence-electron chi connectivity index (χ4n) is 3.29. The van der Waals surface area contributed by atoms with Crippen LogP contribution < -0.4 is 0 Å². The summed E-state index contributed by atoms with van der Waals surface area (Å²) in [5.41, 5.74) is 1.12. The highest BCUT2D eigenvalue weighted by Crippen LogP contribution is 2.24. The number of hydrogen-bond acceptors (Lipinski definition) is 5. The Labute approximate surface area is 152 Å². The van der Waals surface area contributed by atoms with E-state index in [2.05, 4.69) is 10.2 Å². The first-order valence-corrected chi connectivity index (χ1v) is 9.66. The van der Waals surface area contributed by atoms with E-state index in [0.717, 1.165) is 42.9 Å². The molecule has 0 bridgehead atoms. The molecule has 0 radical (unpaired) electrons. The van der Waals surface area contributed by atoms with Gasteiger partial charge in [-0.15, -0.1) is 10.2 Å². The van der Waals surface area contributed by atoms with Crippen LogP contribution in [0.5, 0.6) is 5.75 Å². The van der Waals surface area contributed by atoms with Crippen molar-refractivity contribution in [2.45, 2.75) is 43.3 Å². The molecule has 1 aliphatic heterocycles. The summed E-state index contributed by atoms with van der Waals surface area (Å²) in [5, 5.41) is 18.2. The minimum absolute atomic E-state index is 0.175. The van der Waals surface area contributed by atoms with E-state index in [9.17, 15) is 9.90 Å². The molecule has 1 aliphatic rings. The lowest BCUT2D eigenvalue weighted by Crippen LogP contribution is -2.44. The predicted molar refractivity (Wildman–Crippen MR) is 97.5 cm³/mol. The van der Waals surface area contributed by atoms with Gasteiger partial charge in [0.25, 0.3) is 0 Å². The number of hydrogen-bond donors (Lipinski definition) is 1. The molecular formula is C18H24N4O2S. The first-order valence-electron chi connectivity index (χ1n) is 8.67. The Balaban J connectivity index is 1.56. The van der Waals surface area contributed by atoms with E-state index in [1.807, 2.05) is 28.6 Å². The summed E-state index contributed by atoms with van der Waals surface area (Å²) in [7, 11) is 1.88. The number of piperidine rings is 1. The van der Waals surface area contributed by atoms with Gasteiger partial charge in [0.1, 0.15) is 12.1 Å². The van der Waals surface area contributed by atoms with Gasteiger partial charge in [-0.05, 0) is 49.8 Å². The summed E-state index contributed by atoms with van der Waals surface area (Å²) >= 11 is 1.44. The van der Waals surface area contributed by atoms with Gasteiger partial charge in [-0.3, -0.25) is 4.79 Å². The van der Waals surface area contributed by atoms with Crippen LogP contribution in [0.4, 0.5) is 0 Å². The second-order valence-electron chi connectivity index (χ2n) is 6.46. The molecule has 25 heavy (non-hydrogen) atoms. The maximum absolute atomic E-state index is 12.7. The number of phenolic OH excluding ortho intramolecular Hbond substituents is 1. The van der Waals surface area contributed by atoms with E-state index in [4.69, 9.17) is 0 Å². The molecule has 1 N–H and O–H groups in total. The van der Waals surface area contributed by atoms with E-state index in [1.165, 1.54) is 18.2 Å². The normalized spacial score (nSPS) is 17.6. The second kappa shape index (κ2) is 8.38. The number of rotatable bonds is 6. The molecule has 1 saturated heterocycles. The molecular weight excluding hydrogens is 336 g/mol. The Morgan fingerprint density at radius 1 is 1.40 bits per heavy atom. The van der Waals surface area contributed by atoms with E-state index in [-0.39, 0.29) is 11.9 Å². The van der Waals surface area contributed by atoms with E-state index in [0.29, 0.717) is 11.5 Å². The number of likely N-dealkylation sites (tertiary alicyclic amines) is 1. The van der Waals surface area contributed by atoms with Gasteiger partial charge in [-0.25, -0.2) is 0 Å². The fraction of sp³-hybridized carbons (Fsp3) is 0.500. The number of thioether (sulfide) groups is 1. The van der Waals surface area contributed by atoms with Crippen LogP contribution in [-0.4, -0.2) is 49.0 Å². The molecule has 1 amide bonds. The van der Waals surface area contributed by atoms with Crippen LogP contribution >= 0.6 is 11.8 Å². The number of carbonyl (C=O) groups excluding carboxylic acids is 1. The minimum Gasteiger partial charge on any atom is -0.508 e. The van der Waals surface area contributed by atoms with E-state index in [1.54, 1.807) is 18.5 Å². The van der Waals surface area contributed by atoms with Crippen LogP contribution in [-0.2, 0) is 18.3 Å². The van der Waals surface area contributed by atoms with Gasteiger partial charge in [0.15, 0.2) is 5.16 Å². The van der Waals surface area contributed by atoms with E-state index < -0.39 is 0 Å². The zero-order valence-corrected chi connectivity index (χ0v) is 15.3. The fourth-order valence-corrected chi connectivity index (χ4v) is 4.06. The molecule has 0 spiro atoms. The van der Waals surface area contributed by atoms with Gasteiger partial charge in [0.05, 0.1) is 5.75 Å². The molecule has 0 aliphatic carbocycles. The Kier molecular flexibility index (Phi) is 5.96. The van der Waals surface area contributed by atoms with Gasteiger partial charge in [-0.2, -0.15) is 0 Å². The summed E-state index contributed by atoms with van der Waals surface area (Å²) < 4.78 is 1.83. The predicted octanol–water partition coefficient (Wildman–Crippen LogP) is 2.63. The van der Waals surface area contributed by atoms with Crippen molar-refractivity contribution in [2.24, 2.45) is 7.05 Å². The number of aromatic hydroxyl groups is 1. The van der Waals surface area contributed by atoms with Gasteiger partial charge >= 0.3 is 0 Å². The SMILES string of the molecule is Cn1cnnc1SCC(=O)N1CCCCC1CCc1cccc(O)c1. The molecule has 1 unspecified atom stereocenters. The molecule has 1 atom stereocenters. The minimum atomic E-state index is 0.175. The maximum atomic E-state index is 12.7. The number of carbonyl (C=O) groups is 1. The van der Waals surface area contributed by atoms with Crippen LogP contribution in [0, 0.1) is 0 Å². The first-order chi connectivity index (χ1) is 12.1. The smallest absolute Gasteiger partial charge is 0.233 e. The van der Waals surface area contributed by atoms with Crippen molar-refractivity contribution in [3.05, 3.63) is 36.2 Å². The zero-order chi connectivity index (χ0) is 17.6. The van der Waals surface area contributed by atoms with E-state index >= 15 is 0 Å². The third kappa shape index (κ3) is 4.75. The van der Waals surface area contributed by atoms with Gasteiger partial charge in [0, 0.05) is 19.6 Å². The van der Waals surface area contributed by atoms with Crippen LogP contribution in [0.2, 0.25) is 0 Å². The lowest BCUT2D eigenvalue weighted by Gasteiger charge is -2.36. The number of phenols is 1. The molecule has 1 fully saturated rings. The van der Waals surface area contributed by atoms with Gasteiger partial charge in [-0.1, -0.05) is 23.9 Å². The Morgan fingerprint density at radius 3 is 3.04 bits per heavy atom. The van der Waals surface area contributed by atoms with Crippen LogP contribution in [0.25, 0.3) is 0 Å². The van der Waals surface area contributed by atoms with Crippen molar-refractivity contribution in [2.75, 3.05) is 12.3 Å². The summed E-state index contributed by atoms with van der Waals surface area (Å²) in [6, 6.07) is 7.66. The number of aromatic nitrogens is 3. The monoisotopic (exact) mass is 360 g/mol. The highest BCUT2D eigenvalue weighted by atomic mass is 32.2. The zero-order valence-electron chi connectivity index (χ0n) is 14.5. The number of nitrogens with zero attached hydrogens (tertiary/aromatic N) is 4. The third-order valence-electron chi connectivity index (χ3n) is 4.62. The van der Waals surface area contributed by atoms with Crippen molar-refractivity contribution in [3.63, 3.8) is 0 Å². The largest absolute Gasteiger partial charge is 0.508 e. The first kappa shape index (κ1) is 17.8. The molecule has 7 heteroatoms. The molecule has 1 aromatic heterocycles. The number of aryl methyl sites for hydroxylation is 2. The van der Waals surface area contributed by atoms with Crippen molar-refractivity contribution in [1.29, 1.82) is 0 Å². The van der Waals surface area contributed by atoms with Crippen LogP contribution in [0.1, 0.15) is 31.2 Å². The summed E-state index contributed by atoms with van der Waals surface area (Å²) in [6.07, 6.45) is 6.75. The average Bonchev–Trinajstić information content (AvgIpc) is 3.03. The maximum Gasteiger partial charge on any atom is 0.233 e. The second-order valence-corrected chi connectivity index (χ2v) is 7.40. The Hall–Kier alpha value is -2.02. The molecule has 3 rings (SSSR count). The molecule has 134 valence electrons. The Bertz CT molecular complexity index is 719. The Morgan fingerprint density at radius 2 is 2.28 bits per heavy atom. The molecule has 2 aromatic rings. The van der Waals surface area contributed by atoms with Gasteiger partial charge < -0.3 is 14.6 Å². The van der Waals surface area contributed by atoms with Crippen molar-refractivity contribution in [1.82, 2.24) is 19.7 Å². The molecule has 2 heterocycles. The molecule has 6 nitrogen and oxygen atoms in total. The lowest BCUT2D eigenvalue weighted by molar-refractivity contribution is -0.132. The standard InChI is InChI=1S/C18H24N4O2S/c1-21-13-19-20-18(21)25-12-17(24)22-10-3-2-6-15(22)9-8-14-5-4-7-16(23)11-14/h4-5,7,11,13,15,23H,2-3,6,8-10,12H2,1H3. The molecule has 0 saturated carbocycles. The summed E-state index contributed by atoms with van der Waals surface area (Å²) in [4.78, 5) is 14.7. The molecule has 1 aromatic carbocycles. The number of benzene rings is 1. The summed E-state index contributed by atoms with van der Waals surface area (Å²) in [6.45, 7) is 0.836. The van der Waals surface area contributed by atoms with Crippen LogP contribution in [0.3, 0.4) is 0 Å². The lowest BCUT2D eigenvalue weighted by atomic mass is 9.96. The topological polar surface area (TPSA) is 71.2 Å².